The lowest BCUT2D eigenvalue weighted by atomic mass is 10.1. The van der Waals surface area contributed by atoms with Gasteiger partial charge in [-0.2, -0.15) is 0 Å². The summed E-state index contributed by atoms with van der Waals surface area (Å²) < 4.78 is 4.82. The standard InChI is InChI=1S/C8H16O3/c1-6(2)4-7(3)11-8(10)5-9/h6-7,9H,4-5H2,1-3H3. The first-order valence-electron chi connectivity index (χ1n) is 3.86. The van der Waals surface area contributed by atoms with E-state index in [1.807, 2.05) is 6.92 Å². The van der Waals surface area contributed by atoms with Crippen LogP contribution in [0.1, 0.15) is 27.2 Å². The van der Waals surface area contributed by atoms with E-state index in [2.05, 4.69) is 13.8 Å². The Morgan fingerprint density at radius 3 is 2.36 bits per heavy atom. The van der Waals surface area contributed by atoms with E-state index in [0.717, 1.165) is 6.42 Å². The summed E-state index contributed by atoms with van der Waals surface area (Å²) in [5.74, 6) is -0.0327. The molecule has 0 heterocycles. The lowest BCUT2D eigenvalue weighted by Gasteiger charge is -2.13. The van der Waals surface area contributed by atoms with Crippen molar-refractivity contribution in [3.63, 3.8) is 0 Å². The Bertz CT molecular complexity index is 121. The normalized spacial score (nSPS) is 13.2. The Labute approximate surface area is 67.4 Å². The number of carbonyl (C=O) groups is 1. The summed E-state index contributed by atoms with van der Waals surface area (Å²) in [6, 6.07) is 0. The summed E-state index contributed by atoms with van der Waals surface area (Å²) >= 11 is 0. The average Bonchev–Trinajstić information content (AvgIpc) is 1.85. The summed E-state index contributed by atoms with van der Waals surface area (Å²) in [4.78, 5) is 10.5. The number of hydrogen-bond donors (Lipinski definition) is 1. The van der Waals surface area contributed by atoms with E-state index in [0.29, 0.717) is 5.92 Å². The molecule has 0 amide bonds. The maximum Gasteiger partial charge on any atom is 0.332 e. The highest BCUT2D eigenvalue weighted by Crippen LogP contribution is 2.07. The van der Waals surface area contributed by atoms with E-state index >= 15 is 0 Å². The van der Waals surface area contributed by atoms with Crippen LogP contribution in [0.5, 0.6) is 0 Å². The van der Waals surface area contributed by atoms with Gasteiger partial charge in [-0.1, -0.05) is 13.8 Å². The zero-order chi connectivity index (χ0) is 8.85. The minimum Gasteiger partial charge on any atom is -0.461 e. The van der Waals surface area contributed by atoms with Crippen LogP contribution >= 0.6 is 0 Å². The van der Waals surface area contributed by atoms with E-state index < -0.39 is 12.6 Å². The van der Waals surface area contributed by atoms with E-state index in [-0.39, 0.29) is 6.10 Å². The van der Waals surface area contributed by atoms with Crippen LogP contribution in [0.25, 0.3) is 0 Å². The van der Waals surface area contributed by atoms with Gasteiger partial charge in [-0.05, 0) is 19.3 Å². The minimum absolute atomic E-state index is 0.0883. The van der Waals surface area contributed by atoms with Crippen LogP contribution in [0, 0.1) is 5.92 Å². The zero-order valence-corrected chi connectivity index (χ0v) is 7.33. The van der Waals surface area contributed by atoms with E-state index in [1.165, 1.54) is 0 Å². The highest BCUT2D eigenvalue weighted by molar-refractivity contribution is 5.70. The van der Waals surface area contributed by atoms with Gasteiger partial charge >= 0.3 is 5.97 Å². The molecule has 0 aliphatic carbocycles. The summed E-state index contributed by atoms with van der Waals surface area (Å²) in [6.07, 6.45) is 0.751. The lowest BCUT2D eigenvalue weighted by Crippen LogP contribution is -2.18. The maximum atomic E-state index is 10.5. The SMILES string of the molecule is CC(C)CC(C)OC(=O)CO. The third-order valence-electron chi connectivity index (χ3n) is 1.27. The second kappa shape index (κ2) is 5.13. The number of esters is 1. The fourth-order valence-corrected chi connectivity index (χ4v) is 0.974. The van der Waals surface area contributed by atoms with Crippen LogP contribution in [0.3, 0.4) is 0 Å². The van der Waals surface area contributed by atoms with Gasteiger partial charge in [-0.25, -0.2) is 4.79 Å². The van der Waals surface area contributed by atoms with Crippen molar-refractivity contribution in [2.45, 2.75) is 33.3 Å². The van der Waals surface area contributed by atoms with Crippen molar-refractivity contribution >= 4 is 5.97 Å². The van der Waals surface area contributed by atoms with Gasteiger partial charge in [0.25, 0.3) is 0 Å². The molecule has 11 heavy (non-hydrogen) atoms. The topological polar surface area (TPSA) is 46.5 Å². The molecular weight excluding hydrogens is 144 g/mol. The van der Waals surface area contributed by atoms with Gasteiger partial charge in [0.1, 0.15) is 6.61 Å². The maximum absolute atomic E-state index is 10.5. The van der Waals surface area contributed by atoms with Crippen LogP contribution < -0.4 is 0 Å². The second-order valence-electron chi connectivity index (χ2n) is 3.09. The fourth-order valence-electron chi connectivity index (χ4n) is 0.974. The van der Waals surface area contributed by atoms with Gasteiger partial charge in [0.2, 0.25) is 0 Å². The lowest BCUT2D eigenvalue weighted by molar-refractivity contribution is -0.152. The molecule has 0 spiro atoms. The highest BCUT2D eigenvalue weighted by atomic mass is 16.6. The predicted molar refractivity (Wildman–Crippen MR) is 42.1 cm³/mol. The third-order valence-corrected chi connectivity index (χ3v) is 1.27. The third kappa shape index (κ3) is 5.85. The number of rotatable bonds is 4. The van der Waals surface area contributed by atoms with Crippen molar-refractivity contribution in [3.8, 4) is 0 Å². The van der Waals surface area contributed by atoms with Crippen molar-refractivity contribution in [2.75, 3.05) is 6.61 Å². The van der Waals surface area contributed by atoms with Crippen molar-refractivity contribution in [1.82, 2.24) is 0 Å². The number of hydrogen-bond acceptors (Lipinski definition) is 3. The highest BCUT2D eigenvalue weighted by Gasteiger charge is 2.09. The molecule has 0 aliphatic rings. The fraction of sp³-hybridized carbons (Fsp3) is 0.875. The minimum atomic E-state index is -0.543. The molecule has 0 aromatic carbocycles. The molecule has 0 radical (unpaired) electrons. The summed E-state index contributed by atoms with van der Waals surface area (Å²) in [5.41, 5.74) is 0. The Balaban J connectivity index is 3.51. The number of ether oxygens (including phenoxy) is 1. The van der Waals surface area contributed by atoms with Crippen molar-refractivity contribution in [2.24, 2.45) is 5.92 Å². The summed E-state index contributed by atoms with van der Waals surface area (Å²) in [6.45, 7) is 5.42. The van der Waals surface area contributed by atoms with Crippen LogP contribution in [0.15, 0.2) is 0 Å². The molecule has 0 aromatic heterocycles. The average molecular weight is 160 g/mol. The van der Waals surface area contributed by atoms with E-state index in [4.69, 9.17) is 9.84 Å². The van der Waals surface area contributed by atoms with Crippen molar-refractivity contribution in [1.29, 1.82) is 0 Å². The van der Waals surface area contributed by atoms with Crippen LogP contribution in [0.4, 0.5) is 0 Å². The summed E-state index contributed by atoms with van der Waals surface area (Å²) in [7, 11) is 0. The molecule has 1 atom stereocenters. The van der Waals surface area contributed by atoms with Crippen molar-refractivity contribution in [3.05, 3.63) is 0 Å². The Morgan fingerprint density at radius 2 is 2.00 bits per heavy atom. The van der Waals surface area contributed by atoms with Gasteiger partial charge in [-0.15, -0.1) is 0 Å². The van der Waals surface area contributed by atoms with Crippen molar-refractivity contribution < 1.29 is 14.6 Å². The molecule has 3 nitrogen and oxygen atoms in total. The molecule has 1 N–H and O–H groups in total. The zero-order valence-electron chi connectivity index (χ0n) is 7.33. The van der Waals surface area contributed by atoms with E-state index in [1.54, 1.807) is 0 Å². The number of aliphatic hydroxyl groups excluding tert-OH is 1. The monoisotopic (exact) mass is 160 g/mol. The first-order chi connectivity index (χ1) is 5.06. The largest absolute Gasteiger partial charge is 0.461 e. The smallest absolute Gasteiger partial charge is 0.332 e. The molecule has 0 bridgehead atoms. The predicted octanol–water partition coefficient (Wildman–Crippen LogP) is 0.956. The van der Waals surface area contributed by atoms with Gasteiger partial charge in [0, 0.05) is 0 Å². The second-order valence-corrected chi connectivity index (χ2v) is 3.09. The van der Waals surface area contributed by atoms with Crippen LogP contribution in [-0.2, 0) is 9.53 Å². The number of aliphatic hydroxyl groups is 1. The molecule has 0 aromatic rings. The summed E-state index contributed by atoms with van der Waals surface area (Å²) in [5, 5.41) is 8.34. The molecule has 0 saturated heterocycles. The Morgan fingerprint density at radius 1 is 1.45 bits per heavy atom. The van der Waals surface area contributed by atoms with Crippen LogP contribution in [-0.4, -0.2) is 23.8 Å². The quantitative estimate of drug-likeness (QED) is 0.623. The Kier molecular flexibility index (Phi) is 4.86. The van der Waals surface area contributed by atoms with Gasteiger partial charge in [-0.3, -0.25) is 0 Å². The van der Waals surface area contributed by atoms with Gasteiger partial charge < -0.3 is 9.84 Å². The van der Waals surface area contributed by atoms with Gasteiger partial charge in [0.15, 0.2) is 0 Å². The molecule has 0 fully saturated rings. The molecule has 1 unspecified atom stereocenters. The van der Waals surface area contributed by atoms with Gasteiger partial charge in [0.05, 0.1) is 6.10 Å². The van der Waals surface area contributed by atoms with Crippen LogP contribution in [0.2, 0.25) is 0 Å². The molecular formula is C8H16O3. The molecule has 3 heteroatoms. The first-order valence-corrected chi connectivity index (χ1v) is 3.86. The number of carbonyl (C=O) groups excluding carboxylic acids is 1. The first kappa shape index (κ1) is 10.4. The molecule has 0 aliphatic heterocycles. The molecule has 0 saturated carbocycles. The van der Waals surface area contributed by atoms with E-state index in [9.17, 15) is 4.79 Å². The molecule has 66 valence electrons. The Hall–Kier alpha value is -0.570. The molecule has 0 rings (SSSR count).